The summed E-state index contributed by atoms with van der Waals surface area (Å²) in [6.07, 6.45) is 4.79. The number of nitrogens with one attached hydrogen (secondary N) is 1. The van der Waals surface area contributed by atoms with Gasteiger partial charge in [0.15, 0.2) is 0 Å². The number of nitrogens with two attached hydrogens (primary N) is 1. The Morgan fingerprint density at radius 3 is 2.47 bits per heavy atom. The smallest absolute Gasteiger partial charge is 0.323 e. The molecule has 1 unspecified atom stereocenters. The lowest BCUT2D eigenvalue weighted by molar-refractivity contribution is -0.146. The van der Waals surface area contributed by atoms with Crippen molar-refractivity contribution >= 4 is 34.1 Å². The number of pyridine rings is 1. The Morgan fingerprint density at radius 2 is 1.65 bits per heavy atom. The second-order valence-electron chi connectivity index (χ2n) is 7.86. The highest BCUT2D eigenvalue weighted by Crippen LogP contribution is 2.23. The van der Waals surface area contributed by atoms with Crippen LogP contribution in [-0.2, 0) is 22.6 Å². The van der Waals surface area contributed by atoms with E-state index in [0.717, 1.165) is 22.9 Å². The van der Waals surface area contributed by atoms with E-state index in [1.165, 1.54) is 16.3 Å². The number of ether oxygens (including phenoxy) is 1. The highest BCUT2D eigenvalue weighted by molar-refractivity contribution is 6.06. The molecule has 0 saturated heterocycles. The van der Waals surface area contributed by atoms with Crippen LogP contribution in [0.4, 0.5) is 0 Å². The van der Waals surface area contributed by atoms with E-state index >= 15 is 0 Å². The third kappa shape index (κ3) is 5.74. The van der Waals surface area contributed by atoms with Gasteiger partial charge in [0.25, 0.3) is 0 Å². The average molecular weight is 452 g/mol. The molecule has 2 heterocycles. The van der Waals surface area contributed by atoms with Crippen molar-refractivity contribution in [3.05, 3.63) is 114 Å². The van der Waals surface area contributed by atoms with Gasteiger partial charge in [-0.2, -0.15) is 0 Å². The van der Waals surface area contributed by atoms with Gasteiger partial charge in [0, 0.05) is 28.0 Å². The van der Waals surface area contributed by atoms with E-state index in [-0.39, 0.29) is 6.61 Å². The summed E-state index contributed by atoms with van der Waals surface area (Å²) in [7, 11) is 0. The van der Waals surface area contributed by atoms with Gasteiger partial charge in [0.05, 0.1) is 11.7 Å². The zero-order valence-corrected chi connectivity index (χ0v) is 18.6. The standard InChI is InChI=1S/C17H17NO3.C11H8N2/c18-16(10-14-7-4-8-15(9-14)11-19)17(20)21-12-13-5-2-1-3-6-13;1-2-4-10-8(3-1)9-5-6-12-7-11(9)13-10/h1-9,11,16H,10,12,18H2;1-7,13H. The first-order valence-corrected chi connectivity index (χ1v) is 10.9. The van der Waals surface area contributed by atoms with E-state index < -0.39 is 12.0 Å². The summed E-state index contributed by atoms with van der Waals surface area (Å²) in [6.45, 7) is 0.210. The molecule has 0 aliphatic rings. The number of para-hydroxylation sites is 1. The van der Waals surface area contributed by atoms with Crippen LogP contribution in [0, 0.1) is 0 Å². The molecule has 0 aliphatic carbocycles. The lowest BCUT2D eigenvalue weighted by Gasteiger charge is -2.12. The van der Waals surface area contributed by atoms with E-state index in [1.807, 2.05) is 60.9 Å². The number of aldehydes is 1. The maximum absolute atomic E-state index is 11.9. The number of benzene rings is 3. The largest absolute Gasteiger partial charge is 0.460 e. The highest BCUT2D eigenvalue weighted by Gasteiger charge is 2.16. The Kier molecular flexibility index (Phi) is 7.42. The van der Waals surface area contributed by atoms with Crippen molar-refractivity contribution in [2.75, 3.05) is 0 Å². The molecule has 0 saturated carbocycles. The van der Waals surface area contributed by atoms with E-state index in [2.05, 4.69) is 28.2 Å². The minimum atomic E-state index is -0.740. The number of aromatic amines is 1. The summed E-state index contributed by atoms with van der Waals surface area (Å²) in [5.74, 6) is -0.449. The van der Waals surface area contributed by atoms with Gasteiger partial charge in [0.1, 0.15) is 18.9 Å². The fraction of sp³-hybridized carbons (Fsp3) is 0.107. The van der Waals surface area contributed by atoms with Gasteiger partial charge < -0.3 is 15.5 Å². The number of hydrogen-bond acceptors (Lipinski definition) is 5. The molecule has 3 N–H and O–H groups in total. The van der Waals surface area contributed by atoms with E-state index in [1.54, 1.807) is 18.2 Å². The van der Waals surface area contributed by atoms with Crippen molar-refractivity contribution in [3.8, 4) is 0 Å². The van der Waals surface area contributed by atoms with Crippen LogP contribution in [0.25, 0.3) is 21.8 Å². The number of H-pyrrole nitrogens is 1. The molecule has 2 aromatic heterocycles. The molecule has 1 atom stereocenters. The lowest BCUT2D eigenvalue weighted by atomic mass is 10.0. The van der Waals surface area contributed by atoms with Gasteiger partial charge in [-0.15, -0.1) is 0 Å². The van der Waals surface area contributed by atoms with Gasteiger partial charge in [-0.3, -0.25) is 14.6 Å². The molecule has 0 spiro atoms. The fourth-order valence-electron chi connectivity index (χ4n) is 3.67. The summed E-state index contributed by atoms with van der Waals surface area (Å²) in [4.78, 5) is 30.0. The average Bonchev–Trinajstić information content (AvgIpc) is 3.27. The van der Waals surface area contributed by atoms with Crippen LogP contribution in [-0.4, -0.2) is 28.3 Å². The van der Waals surface area contributed by atoms with Gasteiger partial charge >= 0.3 is 5.97 Å². The Balaban J connectivity index is 0.000000178. The molecule has 6 nitrogen and oxygen atoms in total. The minimum absolute atomic E-state index is 0.210. The van der Waals surface area contributed by atoms with Gasteiger partial charge in [-0.25, -0.2) is 0 Å². The van der Waals surface area contributed by atoms with Crippen LogP contribution in [0.5, 0.6) is 0 Å². The van der Waals surface area contributed by atoms with Crippen molar-refractivity contribution in [1.29, 1.82) is 0 Å². The third-order valence-corrected chi connectivity index (χ3v) is 5.38. The molecule has 3 aromatic carbocycles. The van der Waals surface area contributed by atoms with Crippen LogP contribution in [0.15, 0.2) is 97.3 Å². The molecular weight excluding hydrogens is 426 g/mol. The maximum Gasteiger partial charge on any atom is 0.323 e. The molecule has 0 radical (unpaired) electrons. The van der Waals surface area contributed by atoms with Crippen molar-refractivity contribution in [2.45, 2.75) is 19.1 Å². The topological polar surface area (TPSA) is 98.1 Å². The van der Waals surface area contributed by atoms with Crippen LogP contribution in [0.2, 0.25) is 0 Å². The molecule has 6 heteroatoms. The second-order valence-corrected chi connectivity index (χ2v) is 7.86. The van der Waals surface area contributed by atoms with Crippen molar-refractivity contribution in [1.82, 2.24) is 9.97 Å². The normalized spacial score (nSPS) is 11.4. The molecule has 170 valence electrons. The Hall–Kier alpha value is -4.29. The number of carbonyl (C=O) groups excluding carboxylic acids is 2. The molecule has 5 rings (SSSR count). The number of rotatable bonds is 6. The number of aromatic nitrogens is 2. The number of hydrogen-bond donors (Lipinski definition) is 2. The van der Waals surface area contributed by atoms with Crippen LogP contribution in [0.1, 0.15) is 21.5 Å². The summed E-state index contributed by atoms with van der Waals surface area (Å²) in [6, 6.07) is 26.0. The highest BCUT2D eigenvalue weighted by atomic mass is 16.5. The number of esters is 1. The molecule has 5 aromatic rings. The second kappa shape index (κ2) is 11.0. The van der Waals surface area contributed by atoms with E-state index in [0.29, 0.717) is 12.0 Å². The predicted molar refractivity (Wildman–Crippen MR) is 133 cm³/mol. The molecule has 0 fully saturated rings. The SMILES string of the molecule is NC(Cc1cccc(C=O)c1)C(=O)OCc1ccccc1.c1ccc2c(c1)[nH]c1cnccc12. The van der Waals surface area contributed by atoms with Crippen molar-refractivity contribution in [2.24, 2.45) is 5.73 Å². The zero-order chi connectivity index (χ0) is 23.8. The number of fused-ring (bicyclic) bond motifs is 3. The van der Waals surface area contributed by atoms with Crippen molar-refractivity contribution < 1.29 is 14.3 Å². The Bertz CT molecular complexity index is 1350. The van der Waals surface area contributed by atoms with E-state index in [9.17, 15) is 9.59 Å². The Morgan fingerprint density at radius 1 is 0.912 bits per heavy atom. The van der Waals surface area contributed by atoms with E-state index in [4.69, 9.17) is 10.5 Å². The first kappa shape index (κ1) is 22.9. The minimum Gasteiger partial charge on any atom is -0.460 e. The third-order valence-electron chi connectivity index (χ3n) is 5.38. The van der Waals surface area contributed by atoms with Gasteiger partial charge in [0.2, 0.25) is 0 Å². The van der Waals surface area contributed by atoms with Crippen LogP contribution < -0.4 is 5.73 Å². The quantitative estimate of drug-likeness (QED) is 0.285. The fourth-order valence-corrected chi connectivity index (χ4v) is 3.67. The van der Waals surface area contributed by atoms with Crippen LogP contribution >= 0.6 is 0 Å². The summed E-state index contributed by atoms with van der Waals surface area (Å²) in [5, 5.41) is 2.51. The van der Waals surface area contributed by atoms with Crippen LogP contribution in [0.3, 0.4) is 0 Å². The summed E-state index contributed by atoms with van der Waals surface area (Å²) in [5.41, 5.74) is 10.4. The zero-order valence-electron chi connectivity index (χ0n) is 18.6. The number of nitrogens with zero attached hydrogens (tertiary/aromatic N) is 1. The summed E-state index contributed by atoms with van der Waals surface area (Å²) >= 11 is 0. The number of carbonyl (C=O) groups is 2. The molecule has 0 amide bonds. The van der Waals surface area contributed by atoms with Gasteiger partial charge in [-0.05, 0) is 35.7 Å². The molecule has 34 heavy (non-hydrogen) atoms. The lowest BCUT2D eigenvalue weighted by Crippen LogP contribution is -2.34. The first-order chi connectivity index (χ1) is 16.6. The monoisotopic (exact) mass is 451 g/mol. The summed E-state index contributed by atoms with van der Waals surface area (Å²) < 4.78 is 5.19. The predicted octanol–water partition coefficient (Wildman–Crippen LogP) is 4.83. The molecular formula is C28H25N3O3. The Labute approximate surface area is 197 Å². The molecule has 0 bridgehead atoms. The van der Waals surface area contributed by atoms with Crippen molar-refractivity contribution in [3.63, 3.8) is 0 Å². The maximum atomic E-state index is 11.9. The van der Waals surface area contributed by atoms with Gasteiger partial charge in [-0.1, -0.05) is 66.7 Å². The molecule has 0 aliphatic heterocycles. The first-order valence-electron chi connectivity index (χ1n) is 10.9.